The second-order valence-electron chi connectivity index (χ2n) is 29.0. The molecular formula is C86H69N10NaO22S5. The number of benzene rings is 10. The Labute approximate surface area is 747 Å². The summed E-state index contributed by atoms with van der Waals surface area (Å²) in [6.07, 6.45) is -0.274. The van der Waals surface area contributed by atoms with Crippen LogP contribution in [-0.4, -0.2) is 94.8 Å². The third kappa shape index (κ3) is 21.6. The van der Waals surface area contributed by atoms with Crippen LogP contribution in [0.5, 0.6) is 0 Å². The Morgan fingerprint density at radius 3 is 1.04 bits per heavy atom. The van der Waals surface area contributed by atoms with Gasteiger partial charge in [0.25, 0.3) is 34.5 Å². The van der Waals surface area contributed by atoms with Crippen LogP contribution in [0.3, 0.4) is 0 Å². The van der Waals surface area contributed by atoms with E-state index >= 15 is 0 Å². The molecule has 0 atom stereocenters. The molecule has 0 amide bonds. The number of anilines is 6. The predicted molar refractivity (Wildman–Crippen MR) is 454 cm³/mol. The topological polar surface area (TPSA) is 440 Å². The zero-order valence-electron chi connectivity index (χ0n) is 67.5. The molecular weight excluding hydrogens is 1710 g/mol. The molecule has 4 fully saturated rings. The van der Waals surface area contributed by atoms with Gasteiger partial charge in [-0.1, -0.05) is 113 Å². The minimum Gasteiger partial charge on any atom is -0.444 e. The van der Waals surface area contributed by atoms with Gasteiger partial charge >= 0.3 is 77.3 Å². The second kappa shape index (κ2) is 37.4. The largest absolute Gasteiger partial charge is 1.00 e. The van der Waals surface area contributed by atoms with Crippen LogP contribution in [0.25, 0.3) is 16.7 Å². The van der Waals surface area contributed by atoms with Gasteiger partial charge in [-0.15, -0.1) is 5.34 Å². The van der Waals surface area contributed by atoms with Crippen molar-refractivity contribution in [3.8, 4) is 0 Å². The van der Waals surface area contributed by atoms with Gasteiger partial charge in [-0.25, -0.2) is 43.7 Å². The van der Waals surface area contributed by atoms with E-state index in [1.165, 1.54) is 118 Å². The maximum Gasteiger partial charge on any atom is 1.00 e. The number of fused-ring (bicyclic) bond motifs is 10. The van der Waals surface area contributed by atoms with Crippen LogP contribution in [0.1, 0.15) is 61.8 Å². The summed E-state index contributed by atoms with van der Waals surface area (Å²) in [6, 6.07) is 60.9. The quantitative estimate of drug-likeness (QED) is 0.0216. The summed E-state index contributed by atoms with van der Waals surface area (Å²) < 4.78 is 40.3. The molecule has 38 heteroatoms. The molecule has 10 aromatic carbocycles. The molecule has 0 radical (unpaired) electrons. The van der Waals surface area contributed by atoms with Crippen molar-refractivity contribution in [2.75, 3.05) is 35.4 Å². The van der Waals surface area contributed by atoms with Crippen LogP contribution in [-0.2, 0) is 76.3 Å². The van der Waals surface area contributed by atoms with Crippen LogP contribution in [0.2, 0.25) is 0 Å². The summed E-state index contributed by atoms with van der Waals surface area (Å²) in [5.41, 5.74) is 14.0. The number of non-ortho nitro benzene ring substituents is 2. The van der Waals surface area contributed by atoms with E-state index in [4.69, 9.17) is 44.3 Å². The first-order valence-electron chi connectivity index (χ1n) is 36.8. The molecule has 19 rings (SSSR count). The van der Waals surface area contributed by atoms with Crippen molar-refractivity contribution in [2.45, 2.75) is 134 Å². The van der Waals surface area contributed by atoms with Crippen molar-refractivity contribution in [1.82, 2.24) is 0 Å². The monoisotopic (exact) mass is 1780 g/mol. The second-order valence-corrected chi connectivity index (χ2v) is 34.4. The zero-order valence-corrected chi connectivity index (χ0v) is 73.6. The minimum absolute atomic E-state index is 0. The van der Waals surface area contributed by atoms with Gasteiger partial charge in [-0.05, 0) is 137 Å². The van der Waals surface area contributed by atoms with E-state index in [1.54, 1.807) is 102 Å². The number of cyclic esters (lactones) is 8. The van der Waals surface area contributed by atoms with Gasteiger partial charge in [0.05, 0.1) is 65.7 Å². The minimum atomic E-state index is -1.31. The average molecular weight is 1780 g/mol. The number of rotatable bonds is 3. The molecule has 4 N–H and O–H groups in total. The van der Waals surface area contributed by atoms with Crippen LogP contribution in [0, 0.1) is 30.3 Å². The van der Waals surface area contributed by atoms with E-state index in [2.05, 4.69) is 89.7 Å². The number of nitrogens with zero attached hydrogens (tertiary/aromatic N) is 7. The summed E-state index contributed by atoms with van der Waals surface area (Å²) in [7, 11) is 3.97. The van der Waals surface area contributed by atoms with Gasteiger partial charge in [0.2, 0.25) is 0 Å². The summed E-state index contributed by atoms with van der Waals surface area (Å²) in [5, 5.41) is 40.8. The Balaban J connectivity index is 0.000000138. The van der Waals surface area contributed by atoms with Gasteiger partial charge in [0.1, 0.15) is 6.42 Å². The Morgan fingerprint density at radius 1 is 0.379 bits per heavy atom. The summed E-state index contributed by atoms with van der Waals surface area (Å²) in [4.78, 5) is 149. The van der Waals surface area contributed by atoms with E-state index in [0.29, 0.717) is 42.2 Å². The number of nitrogen functional groups attached to an aromatic ring is 1. The normalized spacial score (nSPS) is 16.2. The number of hydrogen-bond acceptors (Lipinski definition) is 35. The van der Waals surface area contributed by atoms with E-state index in [9.17, 15) is 58.6 Å². The Bertz CT molecular complexity index is 6400. The third-order valence-corrected chi connectivity index (χ3v) is 23.4. The van der Waals surface area contributed by atoms with Gasteiger partial charge in [0.15, 0.2) is 16.7 Å². The molecule has 0 aromatic heterocycles. The third-order valence-electron chi connectivity index (χ3n) is 17.8. The molecule has 0 unspecified atom stereocenters. The molecule has 0 bridgehead atoms. The molecule has 10 aromatic rings. The number of esters is 8. The molecule has 0 aliphatic carbocycles. The van der Waals surface area contributed by atoms with E-state index < -0.39 is 75.8 Å². The van der Waals surface area contributed by atoms with Gasteiger partial charge in [-0.3, -0.25) is 29.8 Å². The first-order valence-corrected chi connectivity index (χ1v) is 40.9. The van der Waals surface area contributed by atoms with Gasteiger partial charge in [0, 0.05) is 154 Å². The number of carbonyl (C=O) groups excluding carboxylic acids is 8. The molecule has 32 nitrogen and oxygen atoms in total. The molecule has 0 spiro atoms. The zero-order chi connectivity index (χ0) is 88.1. The number of nitro groups is 2. The maximum absolute atomic E-state index is 12.3. The SMILES string of the molecule is CC1(C)OC(=O)C(=c2ccc3c(c2)Sc2cc(N)ccc2N=3)C(=O)O1.CC1(C)OC(=O)C(=c2ccc3c(c2)Sc2cc([N+](=O)[O-])ccc2N=3)C(=O)O1.CC1(C)OC(=O)CC(=O)O1.CN(C)c1ccc2c(c1)Sc1cc(=C3C(=O)OC(C)(C)OC3=O)ccc1=N2.O=N[O-].O=[N+]([O-])c1ccc2c(c1)Sc1ccccc1N2.[Na+].c1ccc2c(c1)Nc1ccccc1S2. The van der Waals surface area contributed by atoms with Crippen LogP contribution in [0.4, 0.5) is 62.6 Å². The first kappa shape index (κ1) is 90.4. The Kier molecular flexibility index (Phi) is 27.3. The van der Waals surface area contributed by atoms with Crippen LogP contribution in [0.15, 0.2) is 269 Å². The molecule has 9 heterocycles. The first-order chi connectivity index (χ1) is 58.4. The Hall–Kier alpha value is -12.9. The molecule has 9 aliphatic rings. The van der Waals surface area contributed by atoms with Crippen LogP contribution < -0.4 is 82.6 Å². The molecule has 626 valence electrons. The van der Waals surface area contributed by atoms with Crippen molar-refractivity contribution in [3.63, 3.8) is 0 Å². The number of carbonyl (C=O) groups is 8. The van der Waals surface area contributed by atoms with Crippen molar-refractivity contribution in [3.05, 3.63) is 262 Å². The van der Waals surface area contributed by atoms with Gasteiger partial charge in [-0.2, -0.15) is 0 Å². The number of nitrogens with one attached hydrogen (secondary N) is 2. The van der Waals surface area contributed by atoms with Crippen molar-refractivity contribution in [1.29, 1.82) is 0 Å². The predicted octanol–water partition coefficient (Wildman–Crippen LogP) is 11.0. The van der Waals surface area contributed by atoms with Crippen molar-refractivity contribution >= 4 is 186 Å². The van der Waals surface area contributed by atoms with E-state index in [-0.39, 0.29) is 69.0 Å². The molecule has 4 saturated heterocycles. The van der Waals surface area contributed by atoms with Gasteiger partial charge < -0.3 is 69.3 Å². The fourth-order valence-corrected chi connectivity index (χ4v) is 17.6. The van der Waals surface area contributed by atoms with Crippen molar-refractivity contribution in [2.24, 2.45) is 20.3 Å². The maximum atomic E-state index is 12.3. The van der Waals surface area contributed by atoms with Crippen LogP contribution >= 0.6 is 58.8 Å². The van der Waals surface area contributed by atoms with E-state index in [0.717, 1.165) is 73.9 Å². The number of hydrogen-bond donors (Lipinski definition) is 3. The number of nitro benzene ring substituents is 2. The fraction of sp³-hybridized carbons (Fsp3) is 0.174. The fourth-order valence-electron chi connectivity index (χ4n) is 12.5. The number of nitrogens with two attached hydrogens (primary N) is 1. The molecule has 9 aliphatic heterocycles. The van der Waals surface area contributed by atoms with Crippen molar-refractivity contribution < 1.29 is 116 Å². The summed E-state index contributed by atoms with van der Waals surface area (Å²) >= 11 is 7.69. The number of para-hydroxylation sites is 3. The average Bonchev–Trinajstić information content (AvgIpc) is 0.786. The summed E-state index contributed by atoms with van der Waals surface area (Å²) in [6.45, 7) is 12.1. The van der Waals surface area contributed by atoms with E-state index in [1.807, 2.05) is 79.3 Å². The standard InChI is InChI=1S/C20H18N2O4S.C18H12N2O6S.C18H14N2O4S.C12H8N2O2S.C12H9NS.C6H8O4.HNO2.Na/c1-20(2)25-18(23)17(19(24)26-20)11-5-7-13-15(9-11)27-16-10-12(22(3)4)6-8-14(16)21-13;1-18(2)25-16(21)15(17(22)26-18)9-3-5-11-13(7-9)27-14-8-10(20(23)24)4-6-12(14)19-11;1-18(2)23-16(21)15(17(22)24-18)9-3-5-11-13(7-9)25-14-8-10(19)4-6-12(14)20-11;15-14(16)8-5-6-10-12(7-8)17-11-4-2-1-3-9(11)13-10;1-3-7-11-9(5-1)13-10-6-2-4-8-12(10)14-11;1-6(2)9-4(7)3-5(8)10-6;2-1-3;/h5-10H,1-4H3;3-8H,1-2H3;3-8H,19H2,1-2H3;1-7,13H;1-8,13H;3H2,1-2H3;(H,2,3);/q;;;;;;;+1/p-1. The number of ether oxygens (including phenoxy) is 8. The Morgan fingerprint density at radius 2 is 0.677 bits per heavy atom. The molecule has 0 saturated carbocycles. The molecule has 124 heavy (non-hydrogen) atoms. The summed E-state index contributed by atoms with van der Waals surface area (Å²) in [5.74, 6) is -10.2. The smallest absolute Gasteiger partial charge is 0.444 e.